The Morgan fingerprint density at radius 1 is 0.921 bits per heavy atom. The van der Waals surface area contributed by atoms with Crippen LogP contribution >= 0.6 is 0 Å². The molecular weight excluding hydrogens is 488 g/mol. The average molecular weight is 525 g/mol. The standard InChI is InChI=1S/C28H36N4O6/c33-18-13-25(20-7-3-1-4-8-20)29-28(36)38-22-11-12-23(24(19-22)26(34)30-37)27(35)32-16-14-31(15-17-32)21-9-5-2-6-10-21/h1-10,22-25,33,37H,11-19H2,(H,29,36)(H,30,34)/t22-,23+,24+,25?/m1/s1. The SMILES string of the molecule is O=C(NC(CCO)c1ccccc1)O[C@@H]1CC[C@H](C(=O)N2CCN(c3ccccc3)CC2)[C@@H](C(=O)NO)C1. The van der Waals surface area contributed by atoms with E-state index in [1.54, 1.807) is 10.4 Å². The van der Waals surface area contributed by atoms with Gasteiger partial charge in [0.1, 0.15) is 6.10 Å². The molecule has 38 heavy (non-hydrogen) atoms. The van der Waals surface area contributed by atoms with Gasteiger partial charge in [0.15, 0.2) is 0 Å². The molecule has 0 spiro atoms. The van der Waals surface area contributed by atoms with Gasteiger partial charge in [-0.15, -0.1) is 0 Å². The van der Waals surface area contributed by atoms with Crippen LogP contribution < -0.4 is 15.7 Å². The van der Waals surface area contributed by atoms with E-state index in [4.69, 9.17) is 4.74 Å². The molecule has 1 saturated heterocycles. The number of alkyl carbamates (subject to hydrolysis) is 1. The van der Waals surface area contributed by atoms with Gasteiger partial charge >= 0.3 is 6.09 Å². The van der Waals surface area contributed by atoms with Crippen LogP contribution in [0.3, 0.4) is 0 Å². The van der Waals surface area contributed by atoms with Crippen LogP contribution in [-0.2, 0) is 14.3 Å². The van der Waals surface area contributed by atoms with Crippen molar-refractivity contribution in [1.82, 2.24) is 15.7 Å². The Morgan fingerprint density at radius 2 is 1.58 bits per heavy atom. The first kappa shape index (κ1) is 27.4. The highest BCUT2D eigenvalue weighted by molar-refractivity contribution is 5.87. The zero-order chi connectivity index (χ0) is 26.9. The molecule has 204 valence electrons. The van der Waals surface area contributed by atoms with Crippen LogP contribution in [0.2, 0.25) is 0 Å². The number of aliphatic hydroxyl groups is 1. The van der Waals surface area contributed by atoms with Gasteiger partial charge in [0.2, 0.25) is 11.8 Å². The monoisotopic (exact) mass is 524 g/mol. The summed E-state index contributed by atoms with van der Waals surface area (Å²) in [7, 11) is 0. The van der Waals surface area contributed by atoms with Crippen molar-refractivity contribution < 1.29 is 29.4 Å². The van der Waals surface area contributed by atoms with Crippen LogP contribution in [0.5, 0.6) is 0 Å². The van der Waals surface area contributed by atoms with Crippen molar-refractivity contribution in [2.24, 2.45) is 11.8 Å². The third-order valence-electron chi connectivity index (χ3n) is 7.46. The molecule has 4 atom stereocenters. The van der Waals surface area contributed by atoms with Gasteiger partial charge in [-0.25, -0.2) is 10.3 Å². The molecule has 0 bridgehead atoms. The number of amides is 3. The zero-order valence-electron chi connectivity index (χ0n) is 21.4. The fourth-order valence-electron chi connectivity index (χ4n) is 5.43. The smallest absolute Gasteiger partial charge is 0.407 e. The van der Waals surface area contributed by atoms with Gasteiger partial charge in [-0.2, -0.15) is 0 Å². The van der Waals surface area contributed by atoms with Crippen molar-refractivity contribution >= 4 is 23.6 Å². The Hall–Kier alpha value is -3.63. The number of para-hydroxylation sites is 1. The molecule has 2 fully saturated rings. The number of carbonyl (C=O) groups is 3. The Morgan fingerprint density at radius 3 is 2.21 bits per heavy atom. The predicted molar refractivity (Wildman–Crippen MR) is 140 cm³/mol. The van der Waals surface area contributed by atoms with Gasteiger partial charge in [0.25, 0.3) is 0 Å². The fraction of sp³-hybridized carbons (Fsp3) is 0.464. The maximum atomic E-state index is 13.4. The Bertz CT molecular complexity index is 1060. The van der Waals surface area contributed by atoms with Gasteiger partial charge in [-0.3, -0.25) is 14.8 Å². The van der Waals surface area contributed by atoms with Crippen molar-refractivity contribution in [2.75, 3.05) is 37.7 Å². The van der Waals surface area contributed by atoms with Crippen molar-refractivity contribution in [3.63, 3.8) is 0 Å². The number of ether oxygens (including phenoxy) is 1. The molecule has 10 nitrogen and oxygen atoms in total. The van der Waals surface area contributed by atoms with Crippen LogP contribution in [0.15, 0.2) is 60.7 Å². The van der Waals surface area contributed by atoms with Crippen molar-refractivity contribution in [3.8, 4) is 0 Å². The Balaban J connectivity index is 1.34. The molecule has 4 rings (SSSR count). The molecule has 1 unspecified atom stereocenters. The number of hydrogen-bond acceptors (Lipinski definition) is 7. The maximum absolute atomic E-state index is 13.4. The summed E-state index contributed by atoms with van der Waals surface area (Å²) >= 11 is 0. The first-order chi connectivity index (χ1) is 18.5. The molecule has 2 aromatic rings. The maximum Gasteiger partial charge on any atom is 0.407 e. The molecule has 10 heteroatoms. The molecule has 2 aromatic carbocycles. The van der Waals surface area contributed by atoms with Gasteiger partial charge in [0.05, 0.1) is 17.9 Å². The van der Waals surface area contributed by atoms with E-state index in [1.165, 1.54) is 0 Å². The Labute approximate surface area is 222 Å². The van der Waals surface area contributed by atoms with E-state index in [9.17, 15) is 24.7 Å². The number of anilines is 1. The van der Waals surface area contributed by atoms with E-state index in [2.05, 4.69) is 10.2 Å². The van der Waals surface area contributed by atoms with Crippen LogP contribution in [0, 0.1) is 11.8 Å². The fourth-order valence-corrected chi connectivity index (χ4v) is 5.43. The molecule has 0 radical (unpaired) electrons. The predicted octanol–water partition coefficient (Wildman–Crippen LogP) is 2.48. The number of hydrogen-bond donors (Lipinski definition) is 4. The summed E-state index contributed by atoms with van der Waals surface area (Å²) in [6.45, 7) is 2.38. The summed E-state index contributed by atoms with van der Waals surface area (Å²) in [6.07, 6.45) is 0.0268. The lowest BCUT2D eigenvalue weighted by Gasteiger charge is -2.40. The van der Waals surface area contributed by atoms with Crippen LogP contribution in [-0.4, -0.2) is 72.0 Å². The summed E-state index contributed by atoms with van der Waals surface area (Å²) in [4.78, 5) is 42.7. The zero-order valence-corrected chi connectivity index (χ0v) is 21.4. The van der Waals surface area contributed by atoms with Crippen molar-refractivity contribution in [1.29, 1.82) is 0 Å². The first-order valence-corrected chi connectivity index (χ1v) is 13.2. The highest BCUT2D eigenvalue weighted by atomic mass is 16.6. The summed E-state index contributed by atoms with van der Waals surface area (Å²) in [5.74, 6) is -2.17. The van der Waals surface area contributed by atoms with Gasteiger partial charge in [-0.05, 0) is 43.4 Å². The Kier molecular flexibility index (Phi) is 9.56. The minimum absolute atomic E-state index is 0.106. The summed E-state index contributed by atoms with van der Waals surface area (Å²) in [6, 6.07) is 18.9. The average Bonchev–Trinajstić information content (AvgIpc) is 2.97. The molecule has 3 amide bonds. The third-order valence-corrected chi connectivity index (χ3v) is 7.46. The normalized spacial score (nSPS) is 22.3. The van der Waals surface area contributed by atoms with Gasteiger partial charge in [-0.1, -0.05) is 48.5 Å². The highest BCUT2D eigenvalue weighted by Crippen LogP contribution is 2.34. The number of carbonyl (C=O) groups excluding carboxylic acids is 3. The third kappa shape index (κ3) is 6.81. The number of hydroxylamine groups is 1. The topological polar surface area (TPSA) is 131 Å². The first-order valence-electron chi connectivity index (χ1n) is 13.2. The molecule has 1 heterocycles. The number of benzene rings is 2. The lowest BCUT2D eigenvalue weighted by molar-refractivity contribution is -0.149. The molecule has 1 aliphatic heterocycles. The molecule has 4 N–H and O–H groups in total. The number of piperazine rings is 1. The number of aliphatic hydroxyl groups excluding tert-OH is 1. The molecule has 0 aromatic heterocycles. The van der Waals surface area contributed by atoms with Crippen LogP contribution in [0.25, 0.3) is 0 Å². The minimum Gasteiger partial charge on any atom is -0.446 e. The molecule has 2 aliphatic rings. The van der Waals surface area contributed by atoms with E-state index in [-0.39, 0.29) is 18.9 Å². The van der Waals surface area contributed by atoms with Crippen molar-refractivity contribution in [3.05, 3.63) is 66.2 Å². The summed E-state index contributed by atoms with van der Waals surface area (Å²) in [5.41, 5.74) is 3.65. The van der Waals surface area contributed by atoms with E-state index < -0.39 is 36.0 Å². The quantitative estimate of drug-likeness (QED) is 0.308. The lowest BCUT2D eigenvalue weighted by Crippen LogP contribution is -2.53. The second-order valence-corrected chi connectivity index (χ2v) is 9.80. The summed E-state index contributed by atoms with van der Waals surface area (Å²) < 4.78 is 5.63. The van der Waals surface area contributed by atoms with Crippen molar-refractivity contribution in [2.45, 2.75) is 37.8 Å². The van der Waals surface area contributed by atoms with Crippen LogP contribution in [0.1, 0.15) is 37.3 Å². The second-order valence-electron chi connectivity index (χ2n) is 9.80. The molecular formula is C28H36N4O6. The van der Waals surface area contributed by atoms with E-state index >= 15 is 0 Å². The number of nitrogens with one attached hydrogen (secondary N) is 2. The van der Waals surface area contributed by atoms with E-state index in [0.29, 0.717) is 45.4 Å². The largest absolute Gasteiger partial charge is 0.446 e. The minimum atomic E-state index is -0.812. The second kappa shape index (κ2) is 13.3. The number of rotatable bonds is 8. The van der Waals surface area contributed by atoms with E-state index in [1.807, 2.05) is 60.7 Å². The molecule has 1 aliphatic carbocycles. The molecule has 1 saturated carbocycles. The van der Waals surface area contributed by atoms with Crippen LogP contribution in [0.4, 0.5) is 10.5 Å². The van der Waals surface area contributed by atoms with Gasteiger partial charge in [0, 0.05) is 38.5 Å². The highest BCUT2D eigenvalue weighted by Gasteiger charge is 2.42. The van der Waals surface area contributed by atoms with Gasteiger partial charge < -0.3 is 25.0 Å². The number of nitrogens with zero attached hydrogens (tertiary/aromatic N) is 2. The van der Waals surface area contributed by atoms with E-state index in [0.717, 1.165) is 11.3 Å². The summed E-state index contributed by atoms with van der Waals surface area (Å²) in [5, 5.41) is 21.6. The lowest BCUT2D eigenvalue weighted by atomic mass is 9.76.